The van der Waals surface area contributed by atoms with Crippen molar-refractivity contribution < 1.29 is 14.3 Å². The highest BCUT2D eigenvalue weighted by molar-refractivity contribution is 5.85. The van der Waals surface area contributed by atoms with E-state index in [0.717, 1.165) is 36.3 Å². The zero-order chi connectivity index (χ0) is 16.8. The zero-order valence-corrected chi connectivity index (χ0v) is 15.5. The molecule has 1 amide bonds. The lowest BCUT2D eigenvalue weighted by atomic mass is 9.71. The molecule has 2 aliphatic rings. The Labute approximate surface area is 156 Å². The molecule has 1 aliphatic heterocycles. The highest BCUT2D eigenvalue weighted by atomic mass is 35.5. The van der Waals surface area contributed by atoms with Crippen molar-refractivity contribution in [3.05, 3.63) is 23.8 Å². The first-order valence-corrected chi connectivity index (χ1v) is 9.06. The van der Waals surface area contributed by atoms with Gasteiger partial charge in [0.05, 0.1) is 13.2 Å². The van der Waals surface area contributed by atoms with E-state index < -0.39 is 0 Å². The Bertz CT molecular complexity index is 574. The fraction of sp³-hybridized carbons (Fsp3) is 0.632. The molecule has 0 radical (unpaired) electrons. The third-order valence-corrected chi connectivity index (χ3v) is 5.18. The molecule has 3 N–H and O–H groups in total. The van der Waals surface area contributed by atoms with Gasteiger partial charge < -0.3 is 20.5 Å². The van der Waals surface area contributed by atoms with Gasteiger partial charge in [-0.15, -0.1) is 12.4 Å². The molecule has 1 fully saturated rings. The van der Waals surface area contributed by atoms with Gasteiger partial charge in [-0.25, -0.2) is 0 Å². The van der Waals surface area contributed by atoms with Crippen LogP contribution in [0.5, 0.6) is 11.5 Å². The van der Waals surface area contributed by atoms with E-state index in [0.29, 0.717) is 32.7 Å². The van der Waals surface area contributed by atoms with E-state index in [2.05, 4.69) is 5.32 Å². The van der Waals surface area contributed by atoms with Gasteiger partial charge >= 0.3 is 0 Å². The standard InChI is InChI=1S/C19H28N2O3.ClH/c20-14-19(7-2-1-3-8-19)12-18(22)21-13-15-5-6-16-17(11-15)24-10-4-9-23-16;/h5-6,11H,1-4,7-10,12-14,20H2,(H,21,22);1H. The molecule has 0 aromatic heterocycles. The number of rotatable bonds is 5. The first kappa shape index (κ1) is 19.9. The van der Waals surface area contributed by atoms with Gasteiger partial charge in [-0.1, -0.05) is 25.3 Å². The molecule has 0 saturated heterocycles. The van der Waals surface area contributed by atoms with Crippen molar-refractivity contribution in [2.45, 2.75) is 51.5 Å². The largest absolute Gasteiger partial charge is 0.490 e. The van der Waals surface area contributed by atoms with E-state index >= 15 is 0 Å². The average Bonchev–Trinajstić information content (AvgIpc) is 2.85. The van der Waals surface area contributed by atoms with Gasteiger partial charge in [0.2, 0.25) is 5.91 Å². The topological polar surface area (TPSA) is 73.6 Å². The fourth-order valence-corrected chi connectivity index (χ4v) is 3.68. The third kappa shape index (κ3) is 5.25. The number of carbonyl (C=O) groups is 1. The Morgan fingerprint density at radius 2 is 1.80 bits per heavy atom. The molecule has 6 heteroatoms. The van der Waals surface area contributed by atoms with Crippen molar-refractivity contribution in [1.82, 2.24) is 5.32 Å². The second-order valence-corrected chi connectivity index (χ2v) is 7.05. The number of nitrogens with one attached hydrogen (secondary N) is 1. The lowest BCUT2D eigenvalue weighted by molar-refractivity contribution is -0.124. The highest BCUT2D eigenvalue weighted by Crippen LogP contribution is 2.38. The predicted octanol–water partition coefficient (Wildman–Crippen LogP) is 3.19. The van der Waals surface area contributed by atoms with Crippen LogP contribution in [0.3, 0.4) is 0 Å². The van der Waals surface area contributed by atoms with Crippen LogP contribution in [0.15, 0.2) is 18.2 Å². The first-order chi connectivity index (χ1) is 11.7. The van der Waals surface area contributed by atoms with Crippen LogP contribution in [0, 0.1) is 5.41 Å². The van der Waals surface area contributed by atoms with Gasteiger partial charge in [-0.05, 0) is 42.5 Å². The minimum atomic E-state index is 0. The van der Waals surface area contributed by atoms with Crippen molar-refractivity contribution in [2.24, 2.45) is 11.1 Å². The van der Waals surface area contributed by atoms with Crippen LogP contribution < -0.4 is 20.5 Å². The van der Waals surface area contributed by atoms with E-state index in [1.807, 2.05) is 18.2 Å². The number of ether oxygens (including phenoxy) is 2. The molecule has 1 aromatic rings. The lowest BCUT2D eigenvalue weighted by Gasteiger charge is -2.35. The molecule has 0 atom stereocenters. The number of hydrogen-bond donors (Lipinski definition) is 2. The molecule has 25 heavy (non-hydrogen) atoms. The maximum Gasteiger partial charge on any atom is 0.220 e. The minimum Gasteiger partial charge on any atom is -0.490 e. The SMILES string of the molecule is Cl.NCC1(CC(=O)NCc2ccc3c(c2)OCCCO3)CCCCC1. The van der Waals surface area contributed by atoms with Crippen molar-refractivity contribution >= 4 is 18.3 Å². The van der Waals surface area contributed by atoms with Crippen molar-refractivity contribution in [2.75, 3.05) is 19.8 Å². The van der Waals surface area contributed by atoms with Crippen LogP contribution in [0.25, 0.3) is 0 Å². The van der Waals surface area contributed by atoms with E-state index in [1.54, 1.807) is 0 Å². The second kappa shape index (κ2) is 9.30. The molecule has 5 nitrogen and oxygen atoms in total. The molecule has 0 bridgehead atoms. The van der Waals surface area contributed by atoms with Gasteiger partial charge in [-0.2, -0.15) is 0 Å². The van der Waals surface area contributed by atoms with Gasteiger partial charge in [0.15, 0.2) is 11.5 Å². The Morgan fingerprint density at radius 3 is 2.52 bits per heavy atom. The average molecular weight is 369 g/mol. The highest BCUT2D eigenvalue weighted by Gasteiger charge is 2.32. The summed E-state index contributed by atoms with van der Waals surface area (Å²) >= 11 is 0. The van der Waals surface area contributed by atoms with Crippen molar-refractivity contribution in [3.63, 3.8) is 0 Å². The number of halogens is 1. The van der Waals surface area contributed by atoms with E-state index in [1.165, 1.54) is 19.3 Å². The monoisotopic (exact) mass is 368 g/mol. The Balaban J connectivity index is 0.00000225. The molecule has 140 valence electrons. The molecule has 1 aromatic carbocycles. The summed E-state index contributed by atoms with van der Waals surface area (Å²) in [6, 6.07) is 5.86. The van der Waals surface area contributed by atoms with Crippen LogP contribution in [0.1, 0.15) is 50.5 Å². The fourth-order valence-electron chi connectivity index (χ4n) is 3.68. The summed E-state index contributed by atoms with van der Waals surface area (Å²) in [4.78, 5) is 12.4. The van der Waals surface area contributed by atoms with Gasteiger partial charge in [-0.3, -0.25) is 4.79 Å². The van der Waals surface area contributed by atoms with Gasteiger partial charge in [0, 0.05) is 19.4 Å². The molecule has 1 heterocycles. The van der Waals surface area contributed by atoms with Crippen LogP contribution in [-0.4, -0.2) is 25.7 Å². The number of hydrogen-bond acceptors (Lipinski definition) is 4. The van der Waals surface area contributed by atoms with E-state index in [-0.39, 0.29) is 23.7 Å². The molecular weight excluding hydrogens is 340 g/mol. The van der Waals surface area contributed by atoms with Gasteiger partial charge in [0.1, 0.15) is 0 Å². The van der Waals surface area contributed by atoms with E-state index in [9.17, 15) is 4.79 Å². The van der Waals surface area contributed by atoms with E-state index in [4.69, 9.17) is 15.2 Å². The van der Waals surface area contributed by atoms with Gasteiger partial charge in [0.25, 0.3) is 0 Å². The molecule has 3 rings (SSSR count). The summed E-state index contributed by atoms with van der Waals surface area (Å²) < 4.78 is 11.3. The maximum atomic E-state index is 12.4. The second-order valence-electron chi connectivity index (χ2n) is 7.05. The van der Waals surface area contributed by atoms with Crippen LogP contribution in [0.2, 0.25) is 0 Å². The van der Waals surface area contributed by atoms with Crippen molar-refractivity contribution in [3.8, 4) is 11.5 Å². The van der Waals surface area contributed by atoms with Crippen molar-refractivity contribution in [1.29, 1.82) is 0 Å². The number of amides is 1. The molecule has 1 aliphatic carbocycles. The summed E-state index contributed by atoms with van der Waals surface area (Å²) in [5.41, 5.74) is 7.01. The number of fused-ring (bicyclic) bond motifs is 1. The smallest absolute Gasteiger partial charge is 0.220 e. The van der Waals surface area contributed by atoms with Crippen LogP contribution >= 0.6 is 12.4 Å². The first-order valence-electron chi connectivity index (χ1n) is 9.06. The Hall–Kier alpha value is -1.46. The minimum absolute atomic E-state index is 0. The number of carbonyl (C=O) groups excluding carboxylic acids is 1. The molecule has 0 unspecified atom stereocenters. The normalized spacial score (nSPS) is 18.6. The Kier molecular flexibility index (Phi) is 7.38. The van der Waals surface area contributed by atoms with Crippen LogP contribution in [-0.2, 0) is 11.3 Å². The zero-order valence-electron chi connectivity index (χ0n) is 14.7. The number of nitrogens with two attached hydrogens (primary N) is 1. The summed E-state index contributed by atoms with van der Waals surface area (Å²) in [6.45, 7) is 2.46. The molecule has 1 saturated carbocycles. The molecular formula is C19H29ClN2O3. The molecule has 0 spiro atoms. The lowest BCUT2D eigenvalue weighted by Crippen LogP contribution is -2.38. The number of benzene rings is 1. The summed E-state index contributed by atoms with van der Waals surface area (Å²) in [5, 5.41) is 3.04. The predicted molar refractivity (Wildman–Crippen MR) is 100 cm³/mol. The maximum absolute atomic E-state index is 12.4. The Morgan fingerprint density at radius 1 is 1.08 bits per heavy atom. The summed E-state index contributed by atoms with van der Waals surface area (Å²) in [5.74, 6) is 1.64. The van der Waals surface area contributed by atoms with Crippen LogP contribution in [0.4, 0.5) is 0 Å². The summed E-state index contributed by atoms with van der Waals surface area (Å²) in [6.07, 6.45) is 7.21. The quantitative estimate of drug-likeness (QED) is 0.837. The summed E-state index contributed by atoms with van der Waals surface area (Å²) in [7, 11) is 0. The third-order valence-electron chi connectivity index (χ3n) is 5.18.